The van der Waals surface area contributed by atoms with Crippen LogP contribution < -0.4 is 9.62 Å². The Kier molecular flexibility index (Phi) is 5.30. The number of nitrogens with one attached hydrogen (secondary N) is 1. The number of amides is 1. The molecule has 0 spiro atoms. The second kappa shape index (κ2) is 7.19. The van der Waals surface area contributed by atoms with Gasteiger partial charge in [-0.2, -0.15) is 0 Å². The third-order valence-corrected chi connectivity index (χ3v) is 6.67. The van der Waals surface area contributed by atoms with Crippen LogP contribution in [0.25, 0.3) is 0 Å². The predicted molar refractivity (Wildman–Crippen MR) is 104 cm³/mol. The number of anilines is 1. The van der Waals surface area contributed by atoms with Crippen molar-refractivity contribution in [2.24, 2.45) is 0 Å². The highest BCUT2D eigenvalue weighted by molar-refractivity contribution is 7.92. The van der Waals surface area contributed by atoms with Crippen molar-refractivity contribution >= 4 is 21.6 Å². The number of nitrogens with zero attached hydrogens (tertiary/aromatic N) is 2. The quantitative estimate of drug-likeness (QED) is 0.850. The summed E-state index contributed by atoms with van der Waals surface area (Å²) in [4.78, 5) is 15.0. The van der Waals surface area contributed by atoms with Gasteiger partial charge in [-0.25, -0.2) is 8.42 Å². The zero-order valence-corrected chi connectivity index (χ0v) is 16.7. The first-order valence-corrected chi connectivity index (χ1v) is 11.2. The maximum atomic E-state index is 12.6. The number of hydrogen-bond donors (Lipinski definition) is 1. The summed E-state index contributed by atoms with van der Waals surface area (Å²) in [5, 5.41) is 3.06. The number of benzene rings is 1. The van der Waals surface area contributed by atoms with Crippen LogP contribution in [0, 0.1) is 0 Å². The largest absolute Gasteiger partial charge is 0.350 e. The fourth-order valence-corrected chi connectivity index (χ4v) is 4.83. The molecule has 144 valence electrons. The molecule has 0 aromatic heterocycles. The topological polar surface area (TPSA) is 69.7 Å². The number of sulfonamides is 1. The molecule has 6 nitrogen and oxygen atoms in total. The molecule has 1 saturated heterocycles. The molecule has 0 saturated carbocycles. The highest BCUT2D eigenvalue weighted by Crippen LogP contribution is 2.30. The van der Waals surface area contributed by atoms with Gasteiger partial charge in [0.15, 0.2) is 0 Å². The molecule has 1 fully saturated rings. The summed E-state index contributed by atoms with van der Waals surface area (Å²) < 4.78 is 25.0. The minimum Gasteiger partial charge on any atom is -0.350 e. The number of piperidine rings is 1. The lowest BCUT2D eigenvalue weighted by Gasteiger charge is -2.41. The van der Waals surface area contributed by atoms with Crippen molar-refractivity contribution < 1.29 is 13.2 Å². The summed E-state index contributed by atoms with van der Waals surface area (Å²) >= 11 is 0. The summed E-state index contributed by atoms with van der Waals surface area (Å²) in [5.74, 6) is -0.101. The Hall–Kier alpha value is -1.60. The van der Waals surface area contributed by atoms with E-state index in [1.807, 2.05) is 6.07 Å². The van der Waals surface area contributed by atoms with Gasteiger partial charge in [0.1, 0.15) is 0 Å². The minimum atomic E-state index is -3.26. The molecule has 2 aliphatic heterocycles. The highest BCUT2D eigenvalue weighted by Gasteiger charge is 2.29. The highest BCUT2D eigenvalue weighted by atomic mass is 32.2. The zero-order valence-electron chi connectivity index (χ0n) is 15.9. The van der Waals surface area contributed by atoms with Crippen molar-refractivity contribution in [2.45, 2.75) is 45.1 Å². The Morgan fingerprint density at radius 3 is 2.50 bits per heavy atom. The normalized spacial score (nSPS) is 18.7. The van der Waals surface area contributed by atoms with Crippen LogP contribution in [-0.2, 0) is 16.4 Å². The van der Waals surface area contributed by atoms with E-state index in [1.165, 1.54) is 29.8 Å². The van der Waals surface area contributed by atoms with Gasteiger partial charge in [-0.1, -0.05) is 6.42 Å². The third kappa shape index (κ3) is 4.04. The van der Waals surface area contributed by atoms with Crippen molar-refractivity contribution in [3.8, 4) is 0 Å². The van der Waals surface area contributed by atoms with Crippen LogP contribution in [0.1, 0.15) is 49.0 Å². The minimum absolute atomic E-state index is 0.0695. The number of carbonyl (C=O) groups excluding carboxylic acids is 1. The molecule has 7 heteroatoms. The molecule has 2 heterocycles. The van der Waals surface area contributed by atoms with E-state index in [2.05, 4.69) is 24.1 Å². The Morgan fingerprint density at radius 2 is 1.85 bits per heavy atom. The van der Waals surface area contributed by atoms with Crippen molar-refractivity contribution in [3.05, 3.63) is 29.3 Å². The van der Waals surface area contributed by atoms with Gasteiger partial charge in [-0.3, -0.25) is 14.0 Å². The molecule has 26 heavy (non-hydrogen) atoms. The number of likely N-dealkylation sites (tertiary alicyclic amines) is 1. The first-order valence-electron chi connectivity index (χ1n) is 9.32. The molecule has 2 aliphatic rings. The lowest BCUT2D eigenvalue weighted by molar-refractivity contribution is 0.0797. The van der Waals surface area contributed by atoms with Gasteiger partial charge >= 0.3 is 0 Å². The zero-order chi connectivity index (χ0) is 18.9. The van der Waals surface area contributed by atoms with E-state index >= 15 is 0 Å². The summed E-state index contributed by atoms with van der Waals surface area (Å²) in [6, 6.07) is 5.28. The number of carbonyl (C=O) groups is 1. The van der Waals surface area contributed by atoms with Crippen molar-refractivity contribution in [1.29, 1.82) is 0 Å². The first kappa shape index (κ1) is 19.2. The molecule has 0 unspecified atom stereocenters. The van der Waals surface area contributed by atoms with Crippen LogP contribution in [0.5, 0.6) is 0 Å². The molecule has 0 bridgehead atoms. The summed E-state index contributed by atoms with van der Waals surface area (Å²) in [5.41, 5.74) is 2.13. The van der Waals surface area contributed by atoms with E-state index in [0.717, 1.165) is 18.7 Å². The summed E-state index contributed by atoms with van der Waals surface area (Å²) in [7, 11) is -3.26. The van der Waals surface area contributed by atoms with Gasteiger partial charge in [0.25, 0.3) is 5.91 Å². The lowest BCUT2D eigenvalue weighted by Crippen LogP contribution is -2.53. The monoisotopic (exact) mass is 379 g/mol. The average molecular weight is 380 g/mol. The molecule has 0 atom stereocenters. The van der Waals surface area contributed by atoms with E-state index in [1.54, 1.807) is 12.1 Å². The van der Waals surface area contributed by atoms with Crippen molar-refractivity contribution in [1.82, 2.24) is 10.2 Å². The van der Waals surface area contributed by atoms with E-state index in [4.69, 9.17) is 0 Å². The van der Waals surface area contributed by atoms with Crippen LogP contribution in [0.4, 0.5) is 5.69 Å². The predicted octanol–water partition coefficient (Wildman–Crippen LogP) is 2.00. The Morgan fingerprint density at radius 1 is 1.15 bits per heavy atom. The maximum Gasteiger partial charge on any atom is 0.251 e. The third-order valence-electron chi connectivity index (χ3n) is 5.49. The summed E-state index contributed by atoms with van der Waals surface area (Å²) in [6.45, 7) is 7.56. The fourth-order valence-electron chi connectivity index (χ4n) is 3.87. The van der Waals surface area contributed by atoms with Crippen LogP contribution in [0.3, 0.4) is 0 Å². The van der Waals surface area contributed by atoms with Gasteiger partial charge in [-0.05, 0) is 70.0 Å². The van der Waals surface area contributed by atoms with E-state index in [0.29, 0.717) is 30.8 Å². The second-order valence-corrected chi connectivity index (χ2v) is 9.88. The van der Waals surface area contributed by atoms with E-state index < -0.39 is 10.0 Å². The molecular formula is C19H29N3O3S. The van der Waals surface area contributed by atoms with Gasteiger partial charge < -0.3 is 5.32 Å². The van der Waals surface area contributed by atoms with Gasteiger partial charge in [0.2, 0.25) is 10.0 Å². The Bertz CT molecular complexity index is 783. The number of fused-ring (bicyclic) bond motifs is 1. The average Bonchev–Trinajstić information content (AvgIpc) is 3.04. The van der Waals surface area contributed by atoms with Crippen LogP contribution in [0.15, 0.2) is 18.2 Å². The van der Waals surface area contributed by atoms with Crippen LogP contribution >= 0.6 is 0 Å². The van der Waals surface area contributed by atoms with Crippen molar-refractivity contribution in [2.75, 3.05) is 36.7 Å². The molecule has 1 N–H and O–H groups in total. The fraction of sp³-hybridized carbons (Fsp3) is 0.632. The molecule has 3 rings (SSSR count). The first-order chi connectivity index (χ1) is 12.2. The number of hydrogen-bond acceptors (Lipinski definition) is 4. The lowest BCUT2D eigenvalue weighted by atomic mass is 9.98. The van der Waals surface area contributed by atoms with Crippen molar-refractivity contribution in [3.63, 3.8) is 0 Å². The second-order valence-electron chi connectivity index (χ2n) is 7.97. The van der Waals surface area contributed by atoms with Crippen LogP contribution in [-0.4, -0.2) is 57.2 Å². The smallest absolute Gasteiger partial charge is 0.251 e. The molecule has 0 aliphatic carbocycles. The van der Waals surface area contributed by atoms with Crippen LogP contribution in [0.2, 0.25) is 0 Å². The molecular weight excluding hydrogens is 350 g/mol. The molecule has 1 amide bonds. The molecule has 1 aromatic carbocycles. The van der Waals surface area contributed by atoms with Gasteiger partial charge in [0, 0.05) is 24.2 Å². The SMILES string of the molecule is CC(C)(CNC(=O)c1ccc2c(c1)CCN2S(C)(=O)=O)N1CCCCC1. The van der Waals surface area contributed by atoms with E-state index in [9.17, 15) is 13.2 Å². The summed E-state index contributed by atoms with van der Waals surface area (Å²) in [6.07, 6.45) is 5.59. The Labute approximate surface area is 156 Å². The standard InChI is InChI=1S/C19H29N3O3S/c1-19(2,21-10-5-4-6-11-21)14-20-18(23)16-7-8-17-15(13-16)9-12-22(17)26(3,24)25/h7-8,13H,4-6,9-12,14H2,1-3H3,(H,20,23). The van der Waals surface area contributed by atoms with Gasteiger partial charge in [0.05, 0.1) is 11.9 Å². The molecule has 1 aromatic rings. The van der Waals surface area contributed by atoms with E-state index in [-0.39, 0.29) is 11.4 Å². The molecule has 0 radical (unpaired) electrons. The Balaban J connectivity index is 1.66. The van der Waals surface area contributed by atoms with Gasteiger partial charge in [-0.15, -0.1) is 0 Å². The maximum absolute atomic E-state index is 12.6. The number of rotatable bonds is 5.